The summed E-state index contributed by atoms with van der Waals surface area (Å²) in [4.78, 5) is 20.2. The van der Waals surface area contributed by atoms with Crippen molar-refractivity contribution in [2.24, 2.45) is 0 Å². The van der Waals surface area contributed by atoms with Gasteiger partial charge in [-0.15, -0.1) is 11.6 Å². The molecular formula is C9H6ClF3N2O3. The van der Waals surface area contributed by atoms with E-state index in [-0.39, 0.29) is 5.69 Å². The second-order valence-electron chi connectivity index (χ2n) is 3.17. The average Bonchev–Trinajstić information content (AvgIpc) is 2.27. The highest BCUT2D eigenvalue weighted by Crippen LogP contribution is 2.37. The number of rotatable bonds is 3. The quantitative estimate of drug-likeness (QED) is 0.526. The zero-order valence-electron chi connectivity index (χ0n) is 8.62. The van der Waals surface area contributed by atoms with Gasteiger partial charge in [0.15, 0.2) is 0 Å². The van der Waals surface area contributed by atoms with Crippen LogP contribution in [0.25, 0.3) is 0 Å². The normalized spacial score (nSPS) is 11.1. The number of nitro benzene ring substituents is 1. The minimum Gasteiger partial charge on any atom is -0.325 e. The van der Waals surface area contributed by atoms with Crippen LogP contribution in [-0.2, 0) is 11.0 Å². The fourth-order valence-corrected chi connectivity index (χ4v) is 1.26. The van der Waals surface area contributed by atoms with Crippen molar-refractivity contribution in [1.82, 2.24) is 0 Å². The first-order valence-corrected chi connectivity index (χ1v) is 5.00. The molecule has 0 atom stereocenters. The topological polar surface area (TPSA) is 72.2 Å². The zero-order valence-corrected chi connectivity index (χ0v) is 9.38. The van der Waals surface area contributed by atoms with Gasteiger partial charge in [0.1, 0.15) is 11.4 Å². The molecule has 1 aromatic carbocycles. The molecule has 5 nitrogen and oxygen atoms in total. The molecule has 1 N–H and O–H groups in total. The van der Waals surface area contributed by atoms with Crippen LogP contribution in [0.1, 0.15) is 5.56 Å². The molecule has 0 saturated carbocycles. The first-order chi connectivity index (χ1) is 8.25. The van der Waals surface area contributed by atoms with E-state index in [0.717, 1.165) is 6.07 Å². The maximum absolute atomic E-state index is 12.6. The number of nitro groups is 1. The van der Waals surface area contributed by atoms with Crippen molar-refractivity contribution in [2.45, 2.75) is 6.18 Å². The molecule has 98 valence electrons. The summed E-state index contributed by atoms with van der Waals surface area (Å²) < 4.78 is 37.7. The van der Waals surface area contributed by atoms with E-state index >= 15 is 0 Å². The summed E-state index contributed by atoms with van der Waals surface area (Å²) in [6.45, 7) is 0. The molecule has 0 heterocycles. The van der Waals surface area contributed by atoms with Crippen molar-refractivity contribution in [1.29, 1.82) is 0 Å². The van der Waals surface area contributed by atoms with Gasteiger partial charge in [0.05, 0.1) is 4.92 Å². The van der Waals surface area contributed by atoms with Crippen molar-refractivity contribution in [2.75, 3.05) is 11.2 Å². The lowest BCUT2D eigenvalue weighted by molar-refractivity contribution is -0.388. The van der Waals surface area contributed by atoms with Crippen LogP contribution in [0.4, 0.5) is 24.5 Å². The number of nitrogens with one attached hydrogen (secondary N) is 1. The van der Waals surface area contributed by atoms with Crippen molar-refractivity contribution in [3.8, 4) is 0 Å². The summed E-state index contributed by atoms with van der Waals surface area (Å²) in [5.41, 5.74) is -2.72. The lowest BCUT2D eigenvalue weighted by Gasteiger charge is -2.09. The van der Waals surface area contributed by atoms with Crippen molar-refractivity contribution >= 4 is 28.9 Å². The minimum atomic E-state index is -4.88. The smallest absolute Gasteiger partial charge is 0.325 e. The third-order valence-electron chi connectivity index (χ3n) is 1.90. The van der Waals surface area contributed by atoms with Gasteiger partial charge >= 0.3 is 6.18 Å². The SMILES string of the molecule is O=C(CCl)Nc1ccc([N+](=O)[O-])c(C(F)(F)F)c1. The van der Waals surface area contributed by atoms with Gasteiger partial charge in [-0.1, -0.05) is 0 Å². The molecule has 18 heavy (non-hydrogen) atoms. The number of amides is 1. The fourth-order valence-electron chi connectivity index (χ4n) is 1.19. The summed E-state index contributed by atoms with van der Waals surface area (Å²) in [6.07, 6.45) is -4.88. The maximum atomic E-state index is 12.6. The van der Waals surface area contributed by atoms with Crippen molar-refractivity contribution in [3.63, 3.8) is 0 Å². The molecule has 0 aliphatic carbocycles. The van der Waals surface area contributed by atoms with Gasteiger partial charge < -0.3 is 5.32 Å². The van der Waals surface area contributed by atoms with Crippen LogP contribution in [0.3, 0.4) is 0 Å². The number of hydrogen-bond acceptors (Lipinski definition) is 3. The maximum Gasteiger partial charge on any atom is 0.423 e. The number of carbonyl (C=O) groups excluding carboxylic acids is 1. The Morgan fingerprint density at radius 2 is 2.06 bits per heavy atom. The van der Waals surface area contributed by atoms with Crippen LogP contribution >= 0.6 is 11.6 Å². The molecule has 0 radical (unpaired) electrons. The molecule has 0 aliphatic rings. The molecular weight excluding hydrogens is 277 g/mol. The van der Waals surface area contributed by atoms with E-state index in [9.17, 15) is 28.1 Å². The van der Waals surface area contributed by atoms with Gasteiger partial charge in [0.2, 0.25) is 5.91 Å². The summed E-state index contributed by atoms with van der Waals surface area (Å²) in [7, 11) is 0. The Labute approximate surface area is 104 Å². The van der Waals surface area contributed by atoms with Gasteiger partial charge in [-0.05, 0) is 12.1 Å². The van der Waals surface area contributed by atoms with Gasteiger partial charge in [0.25, 0.3) is 5.69 Å². The molecule has 1 amide bonds. The molecule has 0 bridgehead atoms. The Hall–Kier alpha value is -1.83. The summed E-state index contributed by atoms with van der Waals surface area (Å²) in [6, 6.07) is 2.16. The summed E-state index contributed by atoms with van der Waals surface area (Å²) >= 11 is 5.17. The molecule has 0 fully saturated rings. The second kappa shape index (κ2) is 5.21. The van der Waals surface area contributed by atoms with Crippen LogP contribution in [0.15, 0.2) is 18.2 Å². The predicted molar refractivity (Wildman–Crippen MR) is 57.4 cm³/mol. The molecule has 9 heteroatoms. The highest BCUT2D eigenvalue weighted by Gasteiger charge is 2.38. The van der Waals surface area contributed by atoms with E-state index in [4.69, 9.17) is 11.6 Å². The van der Waals surface area contributed by atoms with E-state index in [0.29, 0.717) is 12.1 Å². The lowest BCUT2D eigenvalue weighted by atomic mass is 10.1. The molecule has 0 unspecified atom stereocenters. The summed E-state index contributed by atoms with van der Waals surface area (Å²) in [5, 5.41) is 12.5. The van der Waals surface area contributed by atoms with Gasteiger partial charge in [-0.3, -0.25) is 14.9 Å². The molecule has 0 aliphatic heterocycles. The number of alkyl halides is 4. The van der Waals surface area contributed by atoms with Crippen LogP contribution in [0.5, 0.6) is 0 Å². The average molecular weight is 283 g/mol. The van der Waals surface area contributed by atoms with E-state index in [1.54, 1.807) is 0 Å². The van der Waals surface area contributed by atoms with Gasteiger partial charge in [-0.25, -0.2) is 0 Å². The Bertz CT molecular complexity index is 490. The highest BCUT2D eigenvalue weighted by atomic mass is 35.5. The molecule has 0 saturated heterocycles. The molecule has 1 rings (SSSR count). The monoisotopic (exact) mass is 282 g/mol. The van der Waals surface area contributed by atoms with Crippen LogP contribution in [0, 0.1) is 10.1 Å². The van der Waals surface area contributed by atoms with Crippen LogP contribution in [0.2, 0.25) is 0 Å². The number of hydrogen-bond donors (Lipinski definition) is 1. The number of benzene rings is 1. The Morgan fingerprint density at radius 1 is 1.44 bits per heavy atom. The third kappa shape index (κ3) is 3.33. The number of anilines is 1. The first kappa shape index (κ1) is 14.2. The standard InChI is InChI=1S/C9H6ClF3N2O3/c10-4-8(16)14-5-1-2-7(15(17)18)6(3-5)9(11,12)13/h1-3H,4H2,(H,14,16). The molecule has 0 aromatic heterocycles. The highest BCUT2D eigenvalue weighted by molar-refractivity contribution is 6.29. The lowest BCUT2D eigenvalue weighted by Crippen LogP contribution is -2.14. The summed E-state index contributed by atoms with van der Waals surface area (Å²) in [5.74, 6) is -1.14. The van der Waals surface area contributed by atoms with Crippen LogP contribution in [-0.4, -0.2) is 16.7 Å². The Balaban J connectivity index is 3.22. The molecule has 0 spiro atoms. The van der Waals surface area contributed by atoms with E-state index in [2.05, 4.69) is 5.32 Å². The van der Waals surface area contributed by atoms with E-state index in [1.807, 2.05) is 0 Å². The van der Waals surface area contributed by atoms with E-state index in [1.165, 1.54) is 0 Å². The Morgan fingerprint density at radius 3 is 2.50 bits per heavy atom. The Kier molecular flexibility index (Phi) is 4.12. The van der Waals surface area contributed by atoms with Gasteiger partial charge in [0, 0.05) is 11.8 Å². The van der Waals surface area contributed by atoms with Crippen molar-refractivity contribution < 1.29 is 22.9 Å². The predicted octanol–water partition coefficient (Wildman–Crippen LogP) is 2.79. The second-order valence-corrected chi connectivity index (χ2v) is 3.44. The zero-order chi connectivity index (χ0) is 13.9. The largest absolute Gasteiger partial charge is 0.423 e. The minimum absolute atomic E-state index is 0.210. The van der Waals surface area contributed by atoms with Crippen molar-refractivity contribution in [3.05, 3.63) is 33.9 Å². The fraction of sp³-hybridized carbons (Fsp3) is 0.222. The van der Waals surface area contributed by atoms with E-state index < -0.39 is 34.1 Å². The number of nitrogens with zero attached hydrogens (tertiary/aromatic N) is 1. The number of halogens is 4. The number of carbonyl (C=O) groups is 1. The first-order valence-electron chi connectivity index (χ1n) is 4.47. The third-order valence-corrected chi connectivity index (χ3v) is 2.15. The molecule has 1 aromatic rings. The van der Waals surface area contributed by atoms with Gasteiger partial charge in [-0.2, -0.15) is 13.2 Å². The van der Waals surface area contributed by atoms with Crippen LogP contribution < -0.4 is 5.32 Å².